The zero-order valence-corrected chi connectivity index (χ0v) is 11.8. The van der Waals surface area contributed by atoms with E-state index in [0.717, 1.165) is 10.8 Å². The van der Waals surface area contributed by atoms with Gasteiger partial charge in [0, 0.05) is 5.39 Å². The van der Waals surface area contributed by atoms with Crippen molar-refractivity contribution in [1.82, 2.24) is 0 Å². The smallest absolute Gasteiger partial charge is 0.546 e. The van der Waals surface area contributed by atoms with Gasteiger partial charge < -0.3 is 14.6 Å². The van der Waals surface area contributed by atoms with Crippen LogP contribution in [0.5, 0.6) is 5.75 Å². The third-order valence-electron chi connectivity index (χ3n) is 2.39. The van der Waals surface area contributed by atoms with E-state index in [1.54, 1.807) is 6.07 Å². The molecule has 2 aromatic carbocycles. The van der Waals surface area contributed by atoms with Gasteiger partial charge in [-0.1, -0.05) is 36.4 Å². The summed E-state index contributed by atoms with van der Waals surface area (Å²) in [5.74, 6) is -0.650. The second-order valence-corrected chi connectivity index (χ2v) is 3.56. The summed E-state index contributed by atoms with van der Waals surface area (Å²) in [6.07, 6.45) is -0.953. The number of rotatable bonds is 3. The Morgan fingerprint density at radius 1 is 1.18 bits per heavy atom. The Morgan fingerprint density at radius 2 is 1.82 bits per heavy atom. The van der Waals surface area contributed by atoms with Gasteiger partial charge in [0.1, 0.15) is 11.9 Å². The first-order chi connectivity index (χ1) is 7.68. The van der Waals surface area contributed by atoms with Gasteiger partial charge in [0.2, 0.25) is 0 Å². The minimum atomic E-state index is -1.21. The molecule has 4 heteroatoms. The van der Waals surface area contributed by atoms with Gasteiger partial charge >= 0.3 is 29.6 Å². The van der Waals surface area contributed by atoms with Crippen molar-refractivity contribution in [2.75, 3.05) is 0 Å². The van der Waals surface area contributed by atoms with E-state index in [0.29, 0.717) is 5.75 Å². The SMILES string of the molecule is CC(Oc1cccc2ccccc12)C(=O)[O-].[Na+]. The molecule has 2 aromatic rings. The molecule has 2 rings (SSSR count). The molecule has 0 aliphatic heterocycles. The van der Waals surface area contributed by atoms with E-state index in [-0.39, 0.29) is 29.6 Å². The predicted molar refractivity (Wildman–Crippen MR) is 59.0 cm³/mol. The van der Waals surface area contributed by atoms with Gasteiger partial charge in [0.05, 0.1) is 5.97 Å². The molecule has 0 aliphatic carbocycles. The normalized spacial score (nSPS) is 11.6. The molecule has 0 fully saturated rings. The Kier molecular flexibility index (Phi) is 5.00. The Morgan fingerprint density at radius 3 is 2.53 bits per heavy atom. The summed E-state index contributed by atoms with van der Waals surface area (Å²) in [5.41, 5.74) is 0. The molecule has 0 saturated heterocycles. The van der Waals surface area contributed by atoms with Crippen LogP contribution in [-0.4, -0.2) is 12.1 Å². The molecule has 0 radical (unpaired) electrons. The summed E-state index contributed by atoms with van der Waals surface area (Å²) < 4.78 is 5.33. The predicted octanol–water partition coefficient (Wildman–Crippen LogP) is -1.64. The molecule has 0 bridgehead atoms. The minimum absolute atomic E-state index is 0. The number of carbonyl (C=O) groups excluding carboxylic acids is 1. The molecule has 0 aliphatic rings. The molecule has 0 N–H and O–H groups in total. The number of hydrogen-bond acceptors (Lipinski definition) is 3. The molecule has 0 amide bonds. The summed E-state index contributed by atoms with van der Waals surface area (Å²) >= 11 is 0. The number of hydrogen-bond donors (Lipinski definition) is 0. The van der Waals surface area contributed by atoms with Crippen LogP contribution in [0.25, 0.3) is 10.8 Å². The summed E-state index contributed by atoms with van der Waals surface area (Å²) in [5, 5.41) is 12.5. The zero-order chi connectivity index (χ0) is 11.5. The van der Waals surface area contributed by atoms with Crippen molar-refractivity contribution in [1.29, 1.82) is 0 Å². The maximum absolute atomic E-state index is 10.6. The first-order valence-electron chi connectivity index (χ1n) is 5.04. The summed E-state index contributed by atoms with van der Waals surface area (Å²) in [6, 6.07) is 13.2. The maximum Gasteiger partial charge on any atom is 1.00 e. The minimum Gasteiger partial charge on any atom is -0.546 e. The van der Waals surface area contributed by atoms with Crippen LogP contribution in [-0.2, 0) is 4.79 Å². The summed E-state index contributed by atoms with van der Waals surface area (Å²) in [4.78, 5) is 10.6. The van der Waals surface area contributed by atoms with Crippen molar-refractivity contribution < 1.29 is 44.2 Å². The van der Waals surface area contributed by atoms with Gasteiger partial charge in [-0.25, -0.2) is 0 Å². The van der Waals surface area contributed by atoms with E-state index < -0.39 is 12.1 Å². The number of carboxylic acid groups (broad SMARTS) is 1. The average molecular weight is 238 g/mol. The average Bonchev–Trinajstić information content (AvgIpc) is 2.29. The Labute approximate surface area is 122 Å². The first-order valence-corrected chi connectivity index (χ1v) is 5.04. The largest absolute Gasteiger partial charge is 1.00 e. The number of aliphatic carboxylic acids is 1. The maximum atomic E-state index is 10.6. The molecule has 17 heavy (non-hydrogen) atoms. The molecule has 0 saturated carbocycles. The van der Waals surface area contributed by atoms with E-state index in [9.17, 15) is 9.90 Å². The molecule has 3 nitrogen and oxygen atoms in total. The second kappa shape index (κ2) is 6.05. The molecule has 0 spiro atoms. The molecular weight excluding hydrogens is 227 g/mol. The topological polar surface area (TPSA) is 49.4 Å². The standard InChI is InChI=1S/C13H12O3.Na/c1-9(13(14)15)16-12-8-4-6-10-5-2-3-7-11(10)12;/h2-9H,1H3,(H,14,15);/q;+1/p-1. The van der Waals surface area contributed by atoms with Crippen LogP contribution in [0.4, 0.5) is 0 Å². The van der Waals surface area contributed by atoms with Crippen molar-refractivity contribution in [3.05, 3.63) is 42.5 Å². The third-order valence-corrected chi connectivity index (χ3v) is 2.39. The Hall–Kier alpha value is -1.03. The molecular formula is C13H11NaO3. The quantitative estimate of drug-likeness (QED) is 0.603. The van der Waals surface area contributed by atoms with E-state index in [4.69, 9.17) is 4.74 Å². The van der Waals surface area contributed by atoms with Crippen molar-refractivity contribution in [2.24, 2.45) is 0 Å². The van der Waals surface area contributed by atoms with Gasteiger partial charge in [0.15, 0.2) is 0 Å². The number of ether oxygens (including phenoxy) is 1. The second-order valence-electron chi connectivity index (χ2n) is 3.56. The fraction of sp³-hybridized carbons (Fsp3) is 0.154. The van der Waals surface area contributed by atoms with E-state index >= 15 is 0 Å². The Bertz CT molecular complexity index is 520. The van der Waals surface area contributed by atoms with Gasteiger partial charge in [-0.05, 0) is 18.4 Å². The number of carboxylic acids is 1. The number of benzene rings is 2. The van der Waals surface area contributed by atoms with Crippen molar-refractivity contribution in [2.45, 2.75) is 13.0 Å². The number of carbonyl (C=O) groups is 1. The molecule has 1 unspecified atom stereocenters. The van der Waals surface area contributed by atoms with Gasteiger partial charge in [0.25, 0.3) is 0 Å². The fourth-order valence-electron chi connectivity index (χ4n) is 1.54. The van der Waals surface area contributed by atoms with E-state index in [1.165, 1.54) is 6.92 Å². The van der Waals surface area contributed by atoms with Crippen LogP contribution in [0, 0.1) is 0 Å². The van der Waals surface area contributed by atoms with Gasteiger partial charge in [-0.3, -0.25) is 0 Å². The van der Waals surface area contributed by atoms with Gasteiger partial charge in [-0.15, -0.1) is 0 Å². The third kappa shape index (κ3) is 3.22. The Balaban J connectivity index is 0.00000144. The van der Waals surface area contributed by atoms with Crippen LogP contribution in [0.15, 0.2) is 42.5 Å². The molecule has 1 atom stereocenters. The summed E-state index contributed by atoms with van der Waals surface area (Å²) in [6.45, 7) is 1.46. The number of fused-ring (bicyclic) bond motifs is 1. The van der Waals surface area contributed by atoms with E-state index in [2.05, 4.69) is 0 Å². The van der Waals surface area contributed by atoms with E-state index in [1.807, 2.05) is 36.4 Å². The van der Waals surface area contributed by atoms with Crippen LogP contribution in [0.1, 0.15) is 6.92 Å². The summed E-state index contributed by atoms with van der Waals surface area (Å²) in [7, 11) is 0. The van der Waals surface area contributed by atoms with Crippen LogP contribution in [0.3, 0.4) is 0 Å². The zero-order valence-electron chi connectivity index (χ0n) is 9.84. The molecule has 0 heterocycles. The van der Waals surface area contributed by atoms with Crippen molar-refractivity contribution >= 4 is 16.7 Å². The monoisotopic (exact) mass is 238 g/mol. The van der Waals surface area contributed by atoms with Crippen LogP contribution < -0.4 is 39.4 Å². The van der Waals surface area contributed by atoms with Crippen molar-refractivity contribution in [3.8, 4) is 5.75 Å². The molecule has 0 aromatic heterocycles. The fourth-order valence-corrected chi connectivity index (χ4v) is 1.54. The van der Waals surface area contributed by atoms with Gasteiger partial charge in [-0.2, -0.15) is 0 Å². The van der Waals surface area contributed by atoms with Crippen LogP contribution >= 0.6 is 0 Å². The molecule has 82 valence electrons. The van der Waals surface area contributed by atoms with Crippen LogP contribution in [0.2, 0.25) is 0 Å². The van der Waals surface area contributed by atoms with Crippen molar-refractivity contribution in [3.63, 3.8) is 0 Å². The first kappa shape index (κ1) is 14.0.